The van der Waals surface area contributed by atoms with E-state index in [9.17, 15) is 4.79 Å². The highest BCUT2D eigenvalue weighted by atomic mass is 16.3. The smallest absolute Gasteiger partial charge is 0.166 e. The number of carbonyl (C=O) groups excluding carboxylic acids is 1. The minimum absolute atomic E-state index is 0.0689. The zero-order valence-corrected chi connectivity index (χ0v) is 6.03. The van der Waals surface area contributed by atoms with Crippen molar-refractivity contribution in [1.29, 1.82) is 0 Å². The minimum Gasteiger partial charge on any atom is -0.396 e. The number of ketones is 1. The second kappa shape index (κ2) is 3.83. The van der Waals surface area contributed by atoms with Crippen LogP contribution in [0.1, 0.15) is 16.8 Å². The van der Waals surface area contributed by atoms with E-state index in [2.05, 4.69) is 4.98 Å². The molecule has 3 nitrogen and oxygen atoms in total. The summed E-state index contributed by atoms with van der Waals surface area (Å²) in [6, 6.07) is 3.38. The van der Waals surface area contributed by atoms with Crippen LogP contribution in [0.2, 0.25) is 0 Å². The van der Waals surface area contributed by atoms with Gasteiger partial charge >= 0.3 is 0 Å². The number of hydrogen-bond donors (Lipinski definition) is 1. The van der Waals surface area contributed by atoms with Crippen molar-refractivity contribution in [3.63, 3.8) is 0 Å². The third-order valence-electron chi connectivity index (χ3n) is 1.32. The molecule has 0 saturated carbocycles. The molecule has 0 bridgehead atoms. The molecular weight excluding hydrogens is 142 g/mol. The van der Waals surface area contributed by atoms with Crippen molar-refractivity contribution in [2.45, 2.75) is 6.42 Å². The molecule has 0 unspecified atom stereocenters. The zero-order valence-electron chi connectivity index (χ0n) is 6.03. The summed E-state index contributed by atoms with van der Waals surface area (Å²) in [7, 11) is 0. The molecule has 1 heterocycles. The van der Waals surface area contributed by atoms with Gasteiger partial charge in [-0.05, 0) is 12.1 Å². The van der Waals surface area contributed by atoms with E-state index >= 15 is 0 Å². The first-order valence-corrected chi connectivity index (χ1v) is 3.38. The summed E-state index contributed by atoms with van der Waals surface area (Å²) in [4.78, 5) is 14.8. The topological polar surface area (TPSA) is 50.2 Å². The van der Waals surface area contributed by atoms with Crippen molar-refractivity contribution >= 4 is 5.78 Å². The van der Waals surface area contributed by atoms with E-state index < -0.39 is 0 Å². The molecule has 0 radical (unpaired) electrons. The molecule has 1 aromatic heterocycles. The van der Waals surface area contributed by atoms with Crippen molar-refractivity contribution in [2.24, 2.45) is 0 Å². The van der Waals surface area contributed by atoms with Gasteiger partial charge in [-0.25, -0.2) is 0 Å². The fraction of sp³-hybridized carbons (Fsp3) is 0.250. The predicted molar refractivity (Wildman–Crippen MR) is 40.3 cm³/mol. The number of carbonyl (C=O) groups is 1. The van der Waals surface area contributed by atoms with E-state index in [-0.39, 0.29) is 18.8 Å². The Bertz CT molecular complexity index is 233. The van der Waals surface area contributed by atoms with Crippen molar-refractivity contribution in [3.05, 3.63) is 30.1 Å². The van der Waals surface area contributed by atoms with Crippen LogP contribution in [0.3, 0.4) is 0 Å². The SMILES string of the molecule is O=C(CCO)c1cccnc1. The maximum Gasteiger partial charge on any atom is 0.166 e. The molecule has 1 rings (SSSR count). The van der Waals surface area contributed by atoms with Crippen molar-refractivity contribution < 1.29 is 9.90 Å². The summed E-state index contributed by atoms with van der Waals surface area (Å²) in [5, 5.41) is 8.46. The number of nitrogens with zero attached hydrogens (tertiary/aromatic N) is 1. The summed E-state index contributed by atoms with van der Waals surface area (Å²) in [6.07, 6.45) is 3.28. The van der Waals surface area contributed by atoms with E-state index in [0.29, 0.717) is 5.56 Å². The Morgan fingerprint density at radius 2 is 2.45 bits per heavy atom. The second-order valence-corrected chi connectivity index (χ2v) is 2.14. The van der Waals surface area contributed by atoms with Crippen LogP contribution in [0.4, 0.5) is 0 Å². The van der Waals surface area contributed by atoms with Gasteiger partial charge < -0.3 is 5.11 Å². The van der Waals surface area contributed by atoms with Gasteiger partial charge in [0, 0.05) is 24.4 Å². The number of aliphatic hydroxyl groups excluding tert-OH is 1. The number of rotatable bonds is 3. The molecule has 1 N–H and O–H groups in total. The lowest BCUT2D eigenvalue weighted by molar-refractivity contribution is 0.0956. The molecule has 0 amide bonds. The number of pyridine rings is 1. The molecule has 0 aliphatic carbocycles. The van der Waals surface area contributed by atoms with Crippen LogP contribution >= 0.6 is 0 Å². The monoisotopic (exact) mass is 151 g/mol. The second-order valence-electron chi connectivity index (χ2n) is 2.14. The van der Waals surface area contributed by atoms with Gasteiger partial charge in [0.15, 0.2) is 5.78 Å². The van der Waals surface area contributed by atoms with Gasteiger partial charge in [0.05, 0.1) is 6.61 Å². The molecule has 0 aromatic carbocycles. The Balaban J connectivity index is 2.69. The predicted octanol–water partition coefficient (Wildman–Crippen LogP) is 0.647. The van der Waals surface area contributed by atoms with E-state index in [1.165, 1.54) is 6.20 Å². The summed E-state index contributed by atoms with van der Waals surface area (Å²) < 4.78 is 0. The van der Waals surface area contributed by atoms with Crippen LogP contribution in [0.15, 0.2) is 24.5 Å². The van der Waals surface area contributed by atoms with Crippen molar-refractivity contribution in [3.8, 4) is 0 Å². The van der Waals surface area contributed by atoms with Crippen LogP contribution in [0, 0.1) is 0 Å². The largest absolute Gasteiger partial charge is 0.396 e. The normalized spacial score (nSPS) is 9.55. The highest BCUT2D eigenvalue weighted by Gasteiger charge is 2.02. The summed E-state index contributed by atoms with van der Waals surface area (Å²) >= 11 is 0. The van der Waals surface area contributed by atoms with Crippen LogP contribution in [-0.4, -0.2) is 22.5 Å². The first-order valence-electron chi connectivity index (χ1n) is 3.38. The van der Waals surface area contributed by atoms with Gasteiger partial charge in [0.2, 0.25) is 0 Å². The molecule has 0 atom stereocenters. The Hall–Kier alpha value is -1.22. The summed E-state index contributed by atoms with van der Waals surface area (Å²) in [5.74, 6) is -0.0689. The van der Waals surface area contributed by atoms with Gasteiger partial charge in [-0.2, -0.15) is 0 Å². The van der Waals surface area contributed by atoms with Crippen molar-refractivity contribution in [1.82, 2.24) is 4.98 Å². The van der Waals surface area contributed by atoms with Gasteiger partial charge in [0.25, 0.3) is 0 Å². The molecule has 0 aliphatic rings. The fourth-order valence-corrected chi connectivity index (χ4v) is 0.774. The molecule has 0 aliphatic heterocycles. The van der Waals surface area contributed by atoms with Gasteiger partial charge in [-0.15, -0.1) is 0 Å². The van der Waals surface area contributed by atoms with Crippen molar-refractivity contribution in [2.75, 3.05) is 6.61 Å². The van der Waals surface area contributed by atoms with Crippen LogP contribution in [-0.2, 0) is 0 Å². The van der Waals surface area contributed by atoms with Crippen LogP contribution in [0.25, 0.3) is 0 Å². The van der Waals surface area contributed by atoms with E-state index in [4.69, 9.17) is 5.11 Å². The van der Waals surface area contributed by atoms with Gasteiger partial charge in [-0.1, -0.05) is 0 Å². The number of hydrogen-bond acceptors (Lipinski definition) is 3. The molecule has 11 heavy (non-hydrogen) atoms. The van der Waals surface area contributed by atoms with Gasteiger partial charge in [-0.3, -0.25) is 9.78 Å². The first kappa shape index (κ1) is 7.88. The van der Waals surface area contributed by atoms with E-state index in [1.54, 1.807) is 18.3 Å². The fourth-order valence-electron chi connectivity index (χ4n) is 0.774. The minimum atomic E-state index is -0.103. The van der Waals surface area contributed by atoms with E-state index in [0.717, 1.165) is 0 Å². The zero-order chi connectivity index (χ0) is 8.10. The molecular formula is C8H9NO2. The number of aromatic nitrogens is 1. The van der Waals surface area contributed by atoms with Crippen LogP contribution < -0.4 is 0 Å². The Labute approximate surface area is 64.7 Å². The summed E-state index contributed by atoms with van der Waals surface area (Å²) in [6.45, 7) is -0.103. The number of aliphatic hydroxyl groups is 1. The maximum absolute atomic E-state index is 11.0. The lowest BCUT2D eigenvalue weighted by Crippen LogP contribution is -2.01. The highest BCUT2D eigenvalue weighted by Crippen LogP contribution is 1.99. The maximum atomic E-state index is 11.0. The standard InChI is InChI=1S/C8H9NO2/c10-5-3-8(11)7-2-1-4-9-6-7/h1-2,4,6,10H,3,5H2. The van der Waals surface area contributed by atoms with Crippen LogP contribution in [0.5, 0.6) is 0 Å². The Morgan fingerprint density at radius 3 is 3.00 bits per heavy atom. The third kappa shape index (κ3) is 2.13. The van der Waals surface area contributed by atoms with Gasteiger partial charge in [0.1, 0.15) is 0 Å². The molecule has 0 saturated heterocycles. The molecule has 0 fully saturated rings. The third-order valence-corrected chi connectivity index (χ3v) is 1.32. The summed E-state index contributed by atoms with van der Waals surface area (Å²) in [5.41, 5.74) is 0.557. The average Bonchev–Trinajstić information content (AvgIpc) is 2.07. The lowest BCUT2D eigenvalue weighted by Gasteiger charge is -1.95. The first-order chi connectivity index (χ1) is 5.34. The Kier molecular flexibility index (Phi) is 2.74. The Morgan fingerprint density at radius 1 is 1.64 bits per heavy atom. The number of Topliss-reactive ketones (excluding diaryl/α,β-unsaturated/α-hetero) is 1. The van der Waals surface area contributed by atoms with E-state index in [1.807, 2.05) is 0 Å². The quantitative estimate of drug-likeness (QED) is 0.645. The average molecular weight is 151 g/mol. The molecule has 0 spiro atoms. The molecule has 3 heteroatoms. The molecule has 58 valence electrons. The highest BCUT2D eigenvalue weighted by molar-refractivity contribution is 5.95. The molecule has 1 aromatic rings. The lowest BCUT2D eigenvalue weighted by atomic mass is 10.1.